The van der Waals surface area contributed by atoms with Crippen molar-refractivity contribution >= 4 is 0 Å². The first-order chi connectivity index (χ1) is 9.02. The van der Waals surface area contributed by atoms with Crippen LogP contribution in [0.1, 0.15) is 40.5 Å². The van der Waals surface area contributed by atoms with Gasteiger partial charge < -0.3 is 15.2 Å². The summed E-state index contributed by atoms with van der Waals surface area (Å²) in [4.78, 5) is 0. The average Bonchev–Trinajstić information content (AvgIpc) is 2.67. The van der Waals surface area contributed by atoms with Gasteiger partial charge in [-0.05, 0) is 45.1 Å². The lowest BCUT2D eigenvalue weighted by molar-refractivity contribution is -0.00434. The summed E-state index contributed by atoms with van der Waals surface area (Å²) in [5.74, 6) is 3.96. The Labute approximate surface area is 115 Å². The largest absolute Gasteiger partial charge is 0.495 e. The molecule has 0 aromatic carbocycles. The molecule has 0 saturated carbocycles. The fraction of sp³-hybridized carbons (Fsp3) is 0.750. The van der Waals surface area contributed by atoms with Crippen molar-refractivity contribution in [1.82, 2.24) is 0 Å². The first-order valence-electron chi connectivity index (χ1n) is 7.46. The van der Waals surface area contributed by atoms with Gasteiger partial charge in [0.05, 0.1) is 11.9 Å². The monoisotopic (exact) mass is 263 g/mol. The van der Waals surface area contributed by atoms with Crippen molar-refractivity contribution in [2.24, 2.45) is 23.5 Å². The topological polar surface area (TPSA) is 44.5 Å². The Hall–Kier alpha value is -0.960. The van der Waals surface area contributed by atoms with E-state index in [0.29, 0.717) is 30.4 Å². The zero-order valence-electron chi connectivity index (χ0n) is 12.4. The zero-order chi connectivity index (χ0) is 13.7. The highest BCUT2D eigenvalue weighted by Gasteiger charge is 2.46. The highest BCUT2D eigenvalue weighted by atomic mass is 16.5. The summed E-state index contributed by atoms with van der Waals surface area (Å²) < 4.78 is 12.2. The molecule has 19 heavy (non-hydrogen) atoms. The molecule has 3 rings (SSSR count). The Balaban J connectivity index is 1.97. The highest BCUT2D eigenvalue weighted by Crippen LogP contribution is 2.50. The van der Waals surface area contributed by atoms with Gasteiger partial charge in [0.25, 0.3) is 0 Å². The Morgan fingerprint density at radius 3 is 2.53 bits per heavy atom. The number of hydrogen-bond acceptors (Lipinski definition) is 3. The van der Waals surface area contributed by atoms with E-state index in [-0.39, 0.29) is 6.10 Å². The van der Waals surface area contributed by atoms with Gasteiger partial charge >= 0.3 is 0 Å². The van der Waals surface area contributed by atoms with Crippen LogP contribution in [0.2, 0.25) is 0 Å². The maximum Gasteiger partial charge on any atom is 0.129 e. The predicted octanol–water partition coefficient (Wildman–Crippen LogP) is 2.97. The lowest BCUT2D eigenvalue weighted by atomic mass is 9.70. The first kappa shape index (κ1) is 13.0. The van der Waals surface area contributed by atoms with Crippen LogP contribution in [0, 0.1) is 17.8 Å². The van der Waals surface area contributed by atoms with Gasteiger partial charge in [0.2, 0.25) is 0 Å². The van der Waals surface area contributed by atoms with Gasteiger partial charge in [-0.1, -0.05) is 6.92 Å². The number of hydrogen-bond donors (Lipinski definition) is 1. The third kappa shape index (κ3) is 1.90. The van der Waals surface area contributed by atoms with E-state index >= 15 is 0 Å². The number of nitrogens with two attached hydrogens (primary N) is 1. The van der Waals surface area contributed by atoms with Gasteiger partial charge in [0.15, 0.2) is 0 Å². The SMILES string of the molecule is CC1=C(CN)C2CC3C(=C(C)C2O1)OC(C)CC3C. The molecule has 2 N–H and O–H groups in total. The van der Waals surface area contributed by atoms with E-state index < -0.39 is 0 Å². The van der Waals surface area contributed by atoms with E-state index in [4.69, 9.17) is 15.2 Å². The molecule has 1 saturated heterocycles. The summed E-state index contributed by atoms with van der Waals surface area (Å²) in [6.07, 6.45) is 2.79. The molecule has 5 unspecified atom stereocenters. The van der Waals surface area contributed by atoms with Crippen molar-refractivity contribution in [2.45, 2.75) is 52.7 Å². The molecule has 3 aliphatic rings. The molecular weight excluding hydrogens is 238 g/mol. The average molecular weight is 263 g/mol. The van der Waals surface area contributed by atoms with E-state index in [2.05, 4.69) is 27.7 Å². The Morgan fingerprint density at radius 2 is 1.84 bits per heavy atom. The number of ether oxygens (including phenoxy) is 2. The molecule has 1 fully saturated rings. The molecule has 0 radical (unpaired) electrons. The molecule has 3 nitrogen and oxygen atoms in total. The van der Waals surface area contributed by atoms with E-state index in [1.165, 1.54) is 16.9 Å². The predicted molar refractivity (Wildman–Crippen MR) is 75.3 cm³/mol. The van der Waals surface area contributed by atoms with Gasteiger partial charge in [-0.25, -0.2) is 0 Å². The fourth-order valence-electron chi connectivity index (χ4n) is 4.18. The standard InChI is InChI=1S/C16H25NO2/c1-8-5-9(2)18-15-10(3)16-13(6-12(8)15)14(7-17)11(4)19-16/h8-9,12-13,16H,5-7,17H2,1-4H3. The third-order valence-corrected chi connectivity index (χ3v) is 5.17. The van der Waals surface area contributed by atoms with Crippen LogP contribution in [0.15, 0.2) is 22.7 Å². The van der Waals surface area contributed by atoms with Crippen LogP contribution in [0.25, 0.3) is 0 Å². The lowest BCUT2D eigenvalue weighted by Gasteiger charge is -2.43. The fourth-order valence-corrected chi connectivity index (χ4v) is 4.18. The smallest absolute Gasteiger partial charge is 0.129 e. The Bertz CT molecular complexity index is 452. The molecule has 106 valence electrons. The summed E-state index contributed by atoms with van der Waals surface area (Å²) in [6, 6.07) is 0. The first-order valence-corrected chi connectivity index (χ1v) is 7.46. The number of rotatable bonds is 1. The van der Waals surface area contributed by atoms with Crippen molar-refractivity contribution in [3.05, 3.63) is 22.7 Å². The van der Waals surface area contributed by atoms with Gasteiger partial charge in [0.1, 0.15) is 11.9 Å². The van der Waals surface area contributed by atoms with E-state index in [9.17, 15) is 0 Å². The molecule has 0 bridgehead atoms. The molecule has 0 aromatic heterocycles. The van der Waals surface area contributed by atoms with Crippen LogP contribution >= 0.6 is 0 Å². The minimum atomic E-state index is 0.169. The van der Waals surface area contributed by atoms with Crippen LogP contribution < -0.4 is 5.73 Å². The molecule has 0 amide bonds. The minimum absolute atomic E-state index is 0.169. The molecule has 0 spiro atoms. The lowest BCUT2D eigenvalue weighted by Crippen LogP contribution is -2.39. The summed E-state index contributed by atoms with van der Waals surface area (Å²) >= 11 is 0. The molecule has 2 heterocycles. The highest BCUT2D eigenvalue weighted by molar-refractivity contribution is 5.32. The Morgan fingerprint density at radius 1 is 1.11 bits per heavy atom. The molecule has 3 heteroatoms. The molecule has 5 atom stereocenters. The van der Waals surface area contributed by atoms with Gasteiger partial charge in [0, 0.05) is 24.0 Å². The second-order valence-electron chi connectivity index (χ2n) is 6.46. The van der Waals surface area contributed by atoms with Gasteiger partial charge in [-0.15, -0.1) is 0 Å². The van der Waals surface area contributed by atoms with Crippen molar-refractivity contribution in [3.8, 4) is 0 Å². The van der Waals surface area contributed by atoms with Crippen LogP contribution in [-0.2, 0) is 9.47 Å². The van der Waals surface area contributed by atoms with Gasteiger partial charge in [-0.3, -0.25) is 0 Å². The molecule has 0 aromatic rings. The maximum absolute atomic E-state index is 6.14. The van der Waals surface area contributed by atoms with Gasteiger partial charge in [-0.2, -0.15) is 0 Å². The zero-order valence-corrected chi connectivity index (χ0v) is 12.4. The van der Waals surface area contributed by atoms with Crippen LogP contribution in [0.3, 0.4) is 0 Å². The minimum Gasteiger partial charge on any atom is -0.495 e. The molecule has 1 aliphatic carbocycles. The maximum atomic E-state index is 6.14. The van der Waals surface area contributed by atoms with E-state index in [1.54, 1.807) is 0 Å². The second kappa shape index (κ2) is 4.55. The third-order valence-electron chi connectivity index (χ3n) is 5.17. The van der Waals surface area contributed by atoms with Crippen molar-refractivity contribution in [2.75, 3.05) is 6.54 Å². The van der Waals surface area contributed by atoms with E-state index in [1.807, 2.05) is 0 Å². The summed E-state index contributed by atoms with van der Waals surface area (Å²) in [5, 5.41) is 0. The summed E-state index contributed by atoms with van der Waals surface area (Å²) in [7, 11) is 0. The quantitative estimate of drug-likeness (QED) is 0.791. The van der Waals surface area contributed by atoms with Crippen LogP contribution in [-0.4, -0.2) is 18.8 Å². The number of fused-ring (bicyclic) bond motifs is 2. The summed E-state index contributed by atoms with van der Waals surface area (Å²) in [6.45, 7) is 9.37. The summed E-state index contributed by atoms with van der Waals surface area (Å²) in [5.41, 5.74) is 8.52. The second-order valence-corrected chi connectivity index (χ2v) is 6.46. The van der Waals surface area contributed by atoms with E-state index in [0.717, 1.165) is 18.6 Å². The molecular formula is C16H25NO2. The van der Waals surface area contributed by atoms with Crippen molar-refractivity contribution in [3.63, 3.8) is 0 Å². The van der Waals surface area contributed by atoms with Crippen molar-refractivity contribution < 1.29 is 9.47 Å². The van der Waals surface area contributed by atoms with Crippen LogP contribution in [0.5, 0.6) is 0 Å². The normalized spacial score (nSPS) is 41.6. The number of allylic oxidation sites excluding steroid dienone is 2. The van der Waals surface area contributed by atoms with Crippen LogP contribution in [0.4, 0.5) is 0 Å². The molecule has 2 aliphatic heterocycles. The van der Waals surface area contributed by atoms with Crippen molar-refractivity contribution in [1.29, 1.82) is 0 Å². The Kier molecular flexibility index (Phi) is 3.12.